The van der Waals surface area contributed by atoms with Crippen molar-refractivity contribution in [2.75, 3.05) is 0 Å². The molecule has 0 aliphatic carbocycles. The molecule has 4 rings (SSSR count). The van der Waals surface area contributed by atoms with Crippen LogP contribution in [0.1, 0.15) is 32.3 Å². The molecule has 0 unspecified atom stereocenters. The number of carboxylic acid groups (broad SMARTS) is 1. The standard InChI is InChI=1S/C20H13NO4/c22-18-14-10-4-8-12-9-5-11-15(16(12)14)19(23)21(18)17(20(24)25)13-6-2-1-3-7-13/h1-11,17H,(H,24,25)/t17-/m1/s1. The fourth-order valence-corrected chi connectivity index (χ4v) is 3.32. The van der Waals surface area contributed by atoms with E-state index in [1.807, 2.05) is 12.1 Å². The van der Waals surface area contributed by atoms with Gasteiger partial charge in [0, 0.05) is 16.5 Å². The van der Waals surface area contributed by atoms with Crippen molar-refractivity contribution in [2.45, 2.75) is 6.04 Å². The molecule has 3 aromatic rings. The molecular weight excluding hydrogens is 318 g/mol. The summed E-state index contributed by atoms with van der Waals surface area (Å²) in [5.74, 6) is -2.43. The Bertz CT molecular complexity index is 976. The first kappa shape index (κ1) is 15.1. The average Bonchev–Trinajstić information content (AvgIpc) is 2.63. The molecule has 3 aromatic carbocycles. The summed E-state index contributed by atoms with van der Waals surface area (Å²) in [6.45, 7) is 0. The third kappa shape index (κ3) is 2.21. The Kier molecular flexibility index (Phi) is 3.35. The zero-order valence-corrected chi connectivity index (χ0v) is 13.0. The van der Waals surface area contributed by atoms with Gasteiger partial charge in [0.1, 0.15) is 0 Å². The van der Waals surface area contributed by atoms with Gasteiger partial charge < -0.3 is 5.11 Å². The van der Waals surface area contributed by atoms with Crippen molar-refractivity contribution in [2.24, 2.45) is 0 Å². The second kappa shape index (κ2) is 5.56. The third-order valence-electron chi connectivity index (χ3n) is 4.41. The number of imide groups is 1. The van der Waals surface area contributed by atoms with E-state index in [0.717, 1.165) is 10.3 Å². The average molecular weight is 331 g/mol. The van der Waals surface area contributed by atoms with Gasteiger partial charge in [0.2, 0.25) is 0 Å². The first-order chi connectivity index (χ1) is 12.1. The molecule has 1 heterocycles. The molecule has 0 spiro atoms. The van der Waals surface area contributed by atoms with Crippen LogP contribution in [0.25, 0.3) is 10.8 Å². The molecule has 5 heteroatoms. The summed E-state index contributed by atoms with van der Waals surface area (Å²) in [6.07, 6.45) is 0. The fourth-order valence-electron chi connectivity index (χ4n) is 3.32. The van der Waals surface area contributed by atoms with Crippen LogP contribution < -0.4 is 0 Å². The van der Waals surface area contributed by atoms with Gasteiger partial charge in [-0.2, -0.15) is 0 Å². The van der Waals surface area contributed by atoms with Crippen LogP contribution in [-0.2, 0) is 4.79 Å². The molecule has 0 saturated heterocycles. The van der Waals surface area contributed by atoms with Crippen molar-refractivity contribution in [1.82, 2.24) is 4.90 Å². The van der Waals surface area contributed by atoms with Crippen LogP contribution in [0.2, 0.25) is 0 Å². The van der Waals surface area contributed by atoms with Crippen LogP contribution in [0.3, 0.4) is 0 Å². The first-order valence-electron chi connectivity index (χ1n) is 7.77. The van der Waals surface area contributed by atoms with Gasteiger partial charge in [-0.15, -0.1) is 0 Å². The molecule has 1 atom stereocenters. The van der Waals surface area contributed by atoms with E-state index in [-0.39, 0.29) is 0 Å². The van der Waals surface area contributed by atoms with Crippen LogP contribution in [0, 0.1) is 0 Å². The van der Waals surface area contributed by atoms with Gasteiger partial charge >= 0.3 is 5.97 Å². The maximum atomic E-state index is 13.0. The summed E-state index contributed by atoms with van der Waals surface area (Å²) in [4.78, 5) is 38.7. The molecule has 0 bridgehead atoms. The molecule has 0 aromatic heterocycles. The summed E-state index contributed by atoms with van der Waals surface area (Å²) in [6, 6.07) is 17.3. The van der Waals surface area contributed by atoms with E-state index in [1.54, 1.807) is 54.6 Å². The number of benzene rings is 3. The Morgan fingerprint density at radius 1 is 0.800 bits per heavy atom. The Hall–Kier alpha value is -3.47. The van der Waals surface area contributed by atoms with Crippen molar-refractivity contribution >= 4 is 28.6 Å². The normalized spacial score (nSPS) is 14.6. The third-order valence-corrected chi connectivity index (χ3v) is 4.41. The van der Waals surface area contributed by atoms with Crippen molar-refractivity contribution in [3.8, 4) is 0 Å². The highest BCUT2D eigenvalue weighted by Gasteiger charge is 2.41. The lowest BCUT2D eigenvalue weighted by Crippen LogP contribution is -2.45. The van der Waals surface area contributed by atoms with Crippen molar-refractivity contribution in [3.63, 3.8) is 0 Å². The predicted molar refractivity (Wildman–Crippen MR) is 91.3 cm³/mol. The molecule has 1 aliphatic heterocycles. The van der Waals surface area contributed by atoms with Crippen LogP contribution in [-0.4, -0.2) is 27.8 Å². The number of amides is 2. The van der Waals surface area contributed by atoms with Crippen LogP contribution >= 0.6 is 0 Å². The Morgan fingerprint density at radius 2 is 1.36 bits per heavy atom. The second-order valence-corrected chi connectivity index (χ2v) is 5.84. The minimum absolute atomic E-state index is 0.342. The number of hydrogen-bond acceptors (Lipinski definition) is 3. The lowest BCUT2D eigenvalue weighted by molar-refractivity contribution is -0.141. The molecule has 1 N–H and O–H groups in total. The summed E-state index contributed by atoms with van der Waals surface area (Å²) in [5, 5.41) is 11.1. The van der Waals surface area contributed by atoms with E-state index in [1.165, 1.54) is 0 Å². The zero-order valence-electron chi connectivity index (χ0n) is 13.0. The number of carbonyl (C=O) groups excluding carboxylic acids is 2. The maximum absolute atomic E-state index is 13.0. The smallest absolute Gasteiger partial charge is 0.331 e. The van der Waals surface area contributed by atoms with E-state index in [2.05, 4.69) is 0 Å². The fraction of sp³-hybridized carbons (Fsp3) is 0.0500. The van der Waals surface area contributed by atoms with Gasteiger partial charge in [-0.05, 0) is 23.1 Å². The van der Waals surface area contributed by atoms with Gasteiger partial charge in [-0.25, -0.2) is 4.79 Å². The quantitative estimate of drug-likeness (QED) is 0.748. The summed E-state index contributed by atoms with van der Waals surface area (Å²) >= 11 is 0. The van der Waals surface area contributed by atoms with E-state index < -0.39 is 23.8 Å². The number of hydrogen-bond donors (Lipinski definition) is 1. The zero-order chi connectivity index (χ0) is 17.6. The Balaban J connectivity index is 1.94. The SMILES string of the molecule is O=C(O)[C@@H](c1ccccc1)N1C(=O)c2cccc3cccc(c23)C1=O. The highest BCUT2D eigenvalue weighted by molar-refractivity contribution is 6.26. The van der Waals surface area contributed by atoms with Gasteiger partial charge in [0.15, 0.2) is 6.04 Å². The van der Waals surface area contributed by atoms with Crippen LogP contribution in [0.4, 0.5) is 0 Å². The Labute approximate surface area is 143 Å². The molecule has 0 saturated carbocycles. The van der Waals surface area contributed by atoms with Gasteiger partial charge in [-0.1, -0.05) is 54.6 Å². The van der Waals surface area contributed by atoms with Gasteiger partial charge in [0.25, 0.3) is 11.8 Å². The van der Waals surface area contributed by atoms with E-state index in [4.69, 9.17) is 0 Å². The molecule has 1 aliphatic rings. The molecular formula is C20H13NO4. The molecule has 122 valence electrons. The summed E-state index contributed by atoms with van der Waals surface area (Å²) in [7, 11) is 0. The molecule has 0 radical (unpaired) electrons. The molecule has 25 heavy (non-hydrogen) atoms. The van der Waals surface area contributed by atoms with Gasteiger partial charge in [-0.3, -0.25) is 14.5 Å². The van der Waals surface area contributed by atoms with Crippen molar-refractivity contribution in [1.29, 1.82) is 0 Å². The van der Waals surface area contributed by atoms with Crippen molar-refractivity contribution < 1.29 is 19.5 Å². The highest BCUT2D eigenvalue weighted by Crippen LogP contribution is 2.34. The minimum Gasteiger partial charge on any atom is -0.479 e. The highest BCUT2D eigenvalue weighted by atomic mass is 16.4. The molecule has 5 nitrogen and oxygen atoms in total. The lowest BCUT2D eigenvalue weighted by Gasteiger charge is -2.31. The molecule has 0 fully saturated rings. The summed E-state index contributed by atoms with van der Waals surface area (Å²) < 4.78 is 0. The van der Waals surface area contributed by atoms with Crippen LogP contribution in [0.15, 0.2) is 66.7 Å². The number of aliphatic carboxylic acids is 1. The Morgan fingerprint density at radius 3 is 1.88 bits per heavy atom. The lowest BCUT2D eigenvalue weighted by atomic mass is 9.92. The predicted octanol–water partition coefficient (Wildman–Crippen LogP) is 3.26. The van der Waals surface area contributed by atoms with E-state index in [0.29, 0.717) is 22.1 Å². The van der Waals surface area contributed by atoms with Gasteiger partial charge in [0.05, 0.1) is 0 Å². The molecule has 2 amide bonds. The second-order valence-electron chi connectivity index (χ2n) is 5.84. The van der Waals surface area contributed by atoms with E-state index in [9.17, 15) is 19.5 Å². The monoisotopic (exact) mass is 331 g/mol. The van der Waals surface area contributed by atoms with E-state index >= 15 is 0 Å². The number of nitrogens with zero attached hydrogens (tertiary/aromatic N) is 1. The largest absolute Gasteiger partial charge is 0.479 e. The number of rotatable bonds is 3. The first-order valence-corrected chi connectivity index (χ1v) is 7.77. The topological polar surface area (TPSA) is 74.7 Å². The maximum Gasteiger partial charge on any atom is 0.331 e. The van der Waals surface area contributed by atoms with Crippen molar-refractivity contribution in [3.05, 3.63) is 83.4 Å². The summed E-state index contributed by atoms with van der Waals surface area (Å²) in [5.41, 5.74) is 1.06. The number of carboxylic acids is 1. The minimum atomic E-state index is -1.37. The number of carbonyl (C=O) groups is 3. The van der Waals surface area contributed by atoms with Crippen LogP contribution in [0.5, 0.6) is 0 Å².